The normalized spacial score (nSPS) is 21.5. The zero-order chi connectivity index (χ0) is 19.7. The van der Waals surface area contributed by atoms with Gasteiger partial charge in [-0.15, -0.1) is 0 Å². The summed E-state index contributed by atoms with van der Waals surface area (Å²) in [5.74, 6) is 0. The maximum absolute atomic E-state index is 13.3. The van der Waals surface area contributed by atoms with Gasteiger partial charge in [0.25, 0.3) is 5.69 Å². The molecule has 0 aromatic heterocycles. The lowest BCUT2D eigenvalue weighted by atomic mass is 10.0. The first-order valence-electron chi connectivity index (χ1n) is 9.49. The molecule has 2 fully saturated rings. The van der Waals surface area contributed by atoms with E-state index < -0.39 is 14.9 Å². The molecule has 2 aliphatic rings. The zero-order valence-electron chi connectivity index (χ0n) is 15.5. The van der Waals surface area contributed by atoms with Crippen LogP contribution in [0.5, 0.6) is 0 Å². The number of nitrogens with zero attached hydrogens (tertiary/aromatic N) is 3. The molecule has 148 valence electrons. The van der Waals surface area contributed by atoms with Crippen LogP contribution in [-0.4, -0.2) is 54.3 Å². The Morgan fingerprint density at radius 1 is 1.00 bits per heavy atom. The molecule has 7 nitrogen and oxygen atoms in total. The summed E-state index contributed by atoms with van der Waals surface area (Å²) in [6.45, 7) is 1.88. The highest BCUT2D eigenvalue weighted by molar-refractivity contribution is 7.89. The van der Waals surface area contributed by atoms with Crippen LogP contribution < -0.4 is 0 Å². The number of hydrogen-bond donors (Lipinski definition) is 0. The van der Waals surface area contributed by atoms with Crippen LogP contribution in [0.15, 0.2) is 59.5 Å². The van der Waals surface area contributed by atoms with Crippen molar-refractivity contribution in [2.75, 3.05) is 19.6 Å². The Hall–Kier alpha value is -2.29. The van der Waals surface area contributed by atoms with Crippen molar-refractivity contribution in [2.45, 2.75) is 36.2 Å². The van der Waals surface area contributed by atoms with Crippen molar-refractivity contribution in [1.29, 1.82) is 0 Å². The van der Waals surface area contributed by atoms with Gasteiger partial charge in [0.2, 0.25) is 10.0 Å². The maximum atomic E-state index is 13.3. The second-order valence-corrected chi connectivity index (χ2v) is 9.33. The van der Waals surface area contributed by atoms with Gasteiger partial charge in [-0.05, 0) is 37.0 Å². The Bertz CT molecular complexity index is 943. The standard InChI is InChI=1S/C20H23N3O4S/c24-23(25)18-8-10-20(11-9-18)28(26,27)22-13-12-21(17-6-7-17)15-19(22)14-16-4-2-1-3-5-16/h1-5,8-11,17,19H,6-7,12-15H2. The van der Waals surface area contributed by atoms with E-state index in [2.05, 4.69) is 4.90 Å². The summed E-state index contributed by atoms with van der Waals surface area (Å²) < 4.78 is 28.2. The lowest BCUT2D eigenvalue weighted by molar-refractivity contribution is -0.384. The van der Waals surface area contributed by atoms with Crippen molar-refractivity contribution in [3.8, 4) is 0 Å². The van der Waals surface area contributed by atoms with Gasteiger partial charge >= 0.3 is 0 Å². The summed E-state index contributed by atoms with van der Waals surface area (Å²) in [5.41, 5.74) is 0.993. The highest BCUT2D eigenvalue weighted by Crippen LogP contribution is 2.32. The molecule has 2 aromatic carbocycles. The first kappa shape index (κ1) is 19.0. The molecule has 0 radical (unpaired) electrons. The molecule has 1 saturated carbocycles. The summed E-state index contributed by atoms with van der Waals surface area (Å²) in [6.07, 6.45) is 3.02. The monoisotopic (exact) mass is 401 g/mol. The number of benzene rings is 2. The zero-order valence-corrected chi connectivity index (χ0v) is 16.3. The fourth-order valence-corrected chi connectivity index (χ4v) is 5.48. The van der Waals surface area contributed by atoms with Gasteiger partial charge < -0.3 is 0 Å². The van der Waals surface area contributed by atoms with E-state index in [4.69, 9.17) is 0 Å². The van der Waals surface area contributed by atoms with Gasteiger partial charge in [0.05, 0.1) is 9.82 Å². The number of nitro groups is 1. The molecule has 0 N–H and O–H groups in total. The van der Waals surface area contributed by atoms with Gasteiger partial charge in [-0.25, -0.2) is 8.42 Å². The van der Waals surface area contributed by atoms with Crippen molar-refractivity contribution in [3.05, 3.63) is 70.3 Å². The average Bonchev–Trinajstić information content (AvgIpc) is 3.54. The molecule has 1 heterocycles. The Morgan fingerprint density at radius 3 is 2.29 bits per heavy atom. The first-order valence-corrected chi connectivity index (χ1v) is 10.9. The number of non-ortho nitro benzene ring substituents is 1. The predicted molar refractivity (Wildman–Crippen MR) is 106 cm³/mol. The molecular weight excluding hydrogens is 378 g/mol. The van der Waals surface area contributed by atoms with E-state index in [1.165, 1.54) is 37.1 Å². The van der Waals surface area contributed by atoms with E-state index in [0.29, 0.717) is 25.6 Å². The predicted octanol–water partition coefficient (Wildman–Crippen LogP) is 2.67. The Balaban J connectivity index is 1.61. The average molecular weight is 401 g/mol. The maximum Gasteiger partial charge on any atom is 0.269 e. The fraction of sp³-hybridized carbons (Fsp3) is 0.400. The molecule has 28 heavy (non-hydrogen) atoms. The van der Waals surface area contributed by atoms with Crippen LogP contribution in [0.3, 0.4) is 0 Å². The highest BCUT2D eigenvalue weighted by Gasteiger charge is 2.40. The summed E-state index contributed by atoms with van der Waals surface area (Å²) in [5, 5.41) is 10.9. The second kappa shape index (κ2) is 7.62. The third-order valence-electron chi connectivity index (χ3n) is 5.49. The van der Waals surface area contributed by atoms with Gasteiger partial charge in [0.1, 0.15) is 0 Å². The lowest BCUT2D eigenvalue weighted by Crippen LogP contribution is -2.56. The number of piperazine rings is 1. The van der Waals surface area contributed by atoms with Gasteiger partial charge in [-0.2, -0.15) is 4.31 Å². The van der Waals surface area contributed by atoms with E-state index in [9.17, 15) is 18.5 Å². The van der Waals surface area contributed by atoms with Crippen molar-refractivity contribution < 1.29 is 13.3 Å². The minimum absolute atomic E-state index is 0.107. The number of hydrogen-bond acceptors (Lipinski definition) is 5. The molecular formula is C20H23N3O4S. The van der Waals surface area contributed by atoms with Crippen LogP contribution in [0.1, 0.15) is 18.4 Å². The van der Waals surface area contributed by atoms with E-state index in [0.717, 1.165) is 12.1 Å². The van der Waals surface area contributed by atoms with Gasteiger partial charge in [0.15, 0.2) is 0 Å². The van der Waals surface area contributed by atoms with Crippen LogP contribution in [0, 0.1) is 10.1 Å². The van der Waals surface area contributed by atoms with Crippen molar-refractivity contribution in [3.63, 3.8) is 0 Å². The van der Waals surface area contributed by atoms with Crippen LogP contribution in [-0.2, 0) is 16.4 Å². The summed E-state index contributed by atoms with van der Waals surface area (Å²) in [6, 6.07) is 15.5. The Morgan fingerprint density at radius 2 is 1.68 bits per heavy atom. The molecule has 0 spiro atoms. The Kier molecular flexibility index (Phi) is 5.18. The fourth-order valence-electron chi connectivity index (χ4n) is 3.88. The van der Waals surface area contributed by atoms with Crippen molar-refractivity contribution >= 4 is 15.7 Å². The molecule has 1 aliphatic heterocycles. The molecule has 2 aromatic rings. The molecule has 1 unspecified atom stereocenters. The quantitative estimate of drug-likeness (QED) is 0.549. The largest absolute Gasteiger partial charge is 0.297 e. The summed E-state index contributed by atoms with van der Waals surface area (Å²) in [4.78, 5) is 12.8. The summed E-state index contributed by atoms with van der Waals surface area (Å²) >= 11 is 0. The van der Waals surface area contributed by atoms with Crippen molar-refractivity contribution in [1.82, 2.24) is 9.21 Å². The van der Waals surface area contributed by atoms with Gasteiger partial charge in [0, 0.05) is 43.9 Å². The highest BCUT2D eigenvalue weighted by atomic mass is 32.2. The molecule has 0 bridgehead atoms. The summed E-state index contributed by atoms with van der Waals surface area (Å²) in [7, 11) is -3.72. The van der Waals surface area contributed by atoms with Crippen molar-refractivity contribution in [2.24, 2.45) is 0 Å². The van der Waals surface area contributed by atoms with E-state index in [-0.39, 0.29) is 16.6 Å². The van der Waals surface area contributed by atoms with Gasteiger partial charge in [-0.3, -0.25) is 15.0 Å². The third kappa shape index (κ3) is 3.94. The Labute approximate surface area is 164 Å². The minimum atomic E-state index is -3.72. The number of rotatable bonds is 6. The van der Waals surface area contributed by atoms with Gasteiger partial charge in [-0.1, -0.05) is 30.3 Å². The molecule has 0 amide bonds. The molecule has 1 saturated heterocycles. The molecule has 4 rings (SSSR count). The van der Waals surface area contributed by atoms with Crippen LogP contribution in [0.25, 0.3) is 0 Å². The SMILES string of the molecule is O=[N+]([O-])c1ccc(S(=O)(=O)N2CCN(C3CC3)CC2Cc2ccccc2)cc1. The molecule has 1 atom stereocenters. The van der Waals surface area contributed by atoms with Crippen LogP contribution in [0.2, 0.25) is 0 Å². The molecule has 1 aliphatic carbocycles. The minimum Gasteiger partial charge on any atom is -0.297 e. The van der Waals surface area contributed by atoms with E-state index in [1.807, 2.05) is 30.3 Å². The smallest absolute Gasteiger partial charge is 0.269 e. The van der Waals surface area contributed by atoms with Crippen LogP contribution >= 0.6 is 0 Å². The first-order chi connectivity index (χ1) is 13.4. The molecule has 8 heteroatoms. The van der Waals surface area contributed by atoms with Crippen LogP contribution in [0.4, 0.5) is 5.69 Å². The number of sulfonamides is 1. The third-order valence-corrected chi connectivity index (χ3v) is 7.46. The second-order valence-electron chi connectivity index (χ2n) is 7.44. The lowest BCUT2D eigenvalue weighted by Gasteiger charge is -2.41. The number of nitro benzene ring substituents is 1. The van der Waals surface area contributed by atoms with E-state index in [1.54, 1.807) is 4.31 Å². The van der Waals surface area contributed by atoms with E-state index >= 15 is 0 Å². The topological polar surface area (TPSA) is 83.8 Å².